The van der Waals surface area contributed by atoms with Gasteiger partial charge in [0.05, 0.1) is 13.6 Å². The number of amides is 1. The van der Waals surface area contributed by atoms with Crippen LogP contribution in [0.3, 0.4) is 0 Å². The molecule has 0 aromatic rings. The molecule has 0 spiro atoms. The third-order valence-electron chi connectivity index (χ3n) is 1.65. The average molecular weight is 159 g/mol. The highest BCUT2D eigenvalue weighted by Gasteiger charge is 2.02. The Morgan fingerprint density at radius 3 is 2.73 bits per heavy atom. The Bertz CT molecular complexity index is 115. The molecule has 0 aliphatic heterocycles. The first-order valence-corrected chi connectivity index (χ1v) is 4.19. The molecule has 3 heteroatoms. The van der Waals surface area contributed by atoms with Crippen LogP contribution in [0.5, 0.6) is 0 Å². The number of carbonyl (C=O) groups is 1. The van der Waals surface area contributed by atoms with Crippen LogP contribution < -0.4 is 10.6 Å². The van der Waals surface area contributed by atoms with Gasteiger partial charge in [0.2, 0.25) is 5.91 Å². The summed E-state index contributed by atoms with van der Waals surface area (Å²) in [5.74, 6) is 0.660. The molecule has 0 saturated heterocycles. The standard InChI is InChI=1S/C8H18N2O/c1-7(4-5-9-3)6-10-8(2)11/h7,9H,4-6H2,1-3H3,(H,10,11)/p+1. The van der Waals surface area contributed by atoms with Gasteiger partial charge in [-0.25, -0.2) is 0 Å². The summed E-state index contributed by atoms with van der Waals surface area (Å²) in [6, 6.07) is 0. The first kappa shape index (κ1) is 10.4. The van der Waals surface area contributed by atoms with Gasteiger partial charge in [-0.3, -0.25) is 4.79 Å². The maximum absolute atomic E-state index is 10.5. The number of quaternary nitrogens is 1. The molecule has 0 radical (unpaired) electrons. The van der Waals surface area contributed by atoms with Crippen molar-refractivity contribution in [2.45, 2.75) is 20.3 Å². The van der Waals surface area contributed by atoms with Crippen molar-refractivity contribution in [3.63, 3.8) is 0 Å². The number of nitrogens with one attached hydrogen (secondary N) is 1. The maximum atomic E-state index is 10.5. The van der Waals surface area contributed by atoms with Crippen LogP contribution in [0.2, 0.25) is 0 Å². The third kappa shape index (κ3) is 7.33. The summed E-state index contributed by atoms with van der Waals surface area (Å²) in [5.41, 5.74) is 0. The van der Waals surface area contributed by atoms with Crippen LogP contribution in [-0.2, 0) is 4.79 Å². The maximum Gasteiger partial charge on any atom is 0.216 e. The fraction of sp³-hybridized carbons (Fsp3) is 0.875. The molecule has 0 fully saturated rings. The molecule has 0 aromatic carbocycles. The summed E-state index contributed by atoms with van der Waals surface area (Å²) in [4.78, 5) is 10.5. The summed E-state index contributed by atoms with van der Waals surface area (Å²) in [5, 5.41) is 4.96. The summed E-state index contributed by atoms with van der Waals surface area (Å²) < 4.78 is 0. The van der Waals surface area contributed by atoms with Crippen LogP contribution in [0, 0.1) is 5.92 Å². The minimum absolute atomic E-state index is 0.0670. The van der Waals surface area contributed by atoms with E-state index < -0.39 is 0 Å². The normalized spacial score (nSPS) is 12.6. The molecule has 0 aliphatic carbocycles. The topological polar surface area (TPSA) is 45.7 Å². The van der Waals surface area contributed by atoms with E-state index in [1.807, 2.05) is 0 Å². The molecule has 3 nitrogen and oxygen atoms in total. The van der Waals surface area contributed by atoms with Crippen LogP contribution in [-0.4, -0.2) is 26.0 Å². The van der Waals surface area contributed by atoms with Crippen LogP contribution in [0.15, 0.2) is 0 Å². The lowest BCUT2D eigenvalue weighted by Crippen LogP contribution is -2.79. The van der Waals surface area contributed by atoms with Crippen molar-refractivity contribution in [2.75, 3.05) is 20.1 Å². The fourth-order valence-corrected chi connectivity index (χ4v) is 0.871. The van der Waals surface area contributed by atoms with Gasteiger partial charge in [-0.2, -0.15) is 0 Å². The molecule has 1 amide bonds. The Labute approximate surface area is 68.6 Å². The van der Waals surface area contributed by atoms with E-state index in [1.54, 1.807) is 6.92 Å². The van der Waals surface area contributed by atoms with E-state index in [-0.39, 0.29) is 5.91 Å². The van der Waals surface area contributed by atoms with Gasteiger partial charge in [0, 0.05) is 19.9 Å². The van der Waals surface area contributed by atoms with Crippen LogP contribution >= 0.6 is 0 Å². The highest BCUT2D eigenvalue weighted by atomic mass is 16.1. The van der Waals surface area contributed by atoms with Crippen molar-refractivity contribution >= 4 is 5.91 Å². The highest BCUT2D eigenvalue weighted by Crippen LogP contribution is 1.95. The summed E-state index contributed by atoms with van der Waals surface area (Å²) in [7, 11) is 2.06. The van der Waals surface area contributed by atoms with Crippen molar-refractivity contribution in [3.05, 3.63) is 0 Å². The molecule has 0 aliphatic rings. The number of nitrogens with two attached hydrogens (primary N) is 1. The Balaban J connectivity index is 3.22. The molecule has 0 bridgehead atoms. The Hall–Kier alpha value is -0.570. The Kier molecular flexibility index (Phi) is 5.84. The van der Waals surface area contributed by atoms with Gasteiger partial charge in [0.1, 0.15) is 0 Å². The van der Waals surface area contributed by atoms with Crippen LogP contribution in [0.4, 0.5) is 0 Å². The van der Waals surface area contributed by atoms with Gasteiger partial charge in [-0.1, -0.05) is 6.92 Å². The van der Waals surface area contributed by atoms with Crippen molar-refractivity contribution < 1.29 is 10.1 Å². The highest BCUT2D eigenvalue weighted by molar-refractivity contribution is 5.72. The first-order valence-electron chi connectivity index (χ1n) is 4.19. The van der Waals surface area contributed by atoms with E-state index in [9.17, 15) is 4.79 Å². The molecule has 1 unspecified atom stereocenters. The predicted octanol–water partition coefficient (Wildman–Crippen LogP) is -0.658. The molecular formula is C8H19N2O+. The first-order chi connectivity index (χ1) is 5.16. The van der Waals surface area contributed by atoms with Gasteiger partial charge < -0.3 is 10.6 Å². The van der Waals surface area contributed by atoms with Crippen molar-refractivity contribution in [3.8, 4) is 0 Å². The quantitative estimate of drug-likeness (QED) is 0.550. The summed E-state index contributed by atoms with van der Waals surface area (Å²) in [6.45, 7) is 5.65. The fourth-order valence-electron chi connectivity index (χ4n) is 0.871. The van der Waals surface area contributed by atoms with Gasteiger partial charge in [0.15, 0.2) is 0 Å². The summed E-state index contributed by atoms with van der Waals surface area (Å²) >= 11 is 0. The SMILES string of the molecule is C[NH2+]CCC(C)CNC(C)=O. The third-order valence-corrected chi connectivity index (χ3v) is 1.65. The van der Waals surface area contributed by atoms with E-state index in [0.717, 1.165) is 19.5 Å². The van der Waals surface area contributed by atoms with Crippen molar-refractivity contribution in [2.24, 2.45) is 5.92 Å². The molecule has 0 saturated carbocycles. The van der Waals surface area contributed by atoms with Gasteiger partial charge >= 0.3 is 0 Å². The van der Waals surface area contributed by atoms with E-state index >= 15 is 0 Å². The van der Waals surface area contributed by atoms with E-state index in [0.29, 0.717) is 5.92 Å². The second kappa shape index (κ2) is 6.16. The Morgan fingerprint density at radius 1 is 1.64 bits per heavy atom. The van der Waals surface area contributed by atoms with E-state index in [1.165, 1.54) is 0 Å². The monoisotopic (exact) mass is 159 g/mol. The predicted molar refractivity (Wildman–Crippen MR) is 45.2 cm³/mol. The molecule has 0 rings (SSSR count). The number of hydrogen-bond donors (Lipinski definition) is 2. The van der Waals surface area contributed by atoms with Gasteiger partial charge in [-0.15, -0.1) is 0 Å². The largest absolute Gasteiger partial charge is 0.356 e. The van der Waals surface area contributed by atoms with Gasteiger partial charge in [-0.05, 0) is 5.92 Å². The molecule has 3 N–H and O–H groups in total. The summed E-state index contributed by atoms with van der Waals surface area (Å²) in [6.07, 6.45) is 1.16. The van der Waals surface area contributed by atoms with Crippen molar-refractivity contribution in [1.29, 1.82) is 0 Å². The Morgan fingerprint density at radius 2 is 2.27 bits per heavy atom. The zero-order valence-electron chi connectivity index (χ0n) is 7.68. The molecule has 11 heavy (non-hydrogen) atoms. The minimum atomic E-state index is 0.0670. The smallest absolute Gasteiger partial charge is 0.216 e. The van der Waals surface area contributed by atoms with E-state index in [4.69, 9.17) is 0 Å². The molecule has 0 heterocycles. The minimum Gasteiger partial charge on any atom is -0.356 e. The lowest BCUT2D eigenvalue weighted by atomic mass is 10.1. The molecular weight excluding hydrogens is 140 g/mol. The van der Waals surface area contributed by atoms with Crippen molar-refractivity contribution in [1.82, 2.24) is 5.32 Å². The van der Waals surface area contributed by atoms with Crippen LogP contribution in [0.25, 0.3) is 0 Å². The van der Waals surface area contributed by atoms with Gasteiger partial charge in [0.25, 0.3) is 0 Å². The lowest BCUT2D eigenvalue weighted by Gasteiger charge is -2.09. The number of hydrogen-bond acceptors (Lipinski definition) is 1. The van der Waals surface area contributed by atoms with Crippen LogP contribution in [0.1, 0.15) is 20.3 Å². The second-order valence-electron chi connectivity index (χ2n) is 3.03. The lowest BCUT2D eigenvalue weighted by molar-refractivity contribution is -0.627. The molecule has 0 aromatic heterocycles. The number of rotatable bonds is 5. The molecule has 1 atom stereocenters. The average Bonchev–Trinajstić information content (AvgIpc) is 1.97. The zero-order chi connectivity index (χ0) is 8.69. The van der Waals surface area contributed by atoms with E-state index in [2.05, 4.69) is 24.6 Å². The zero-order valence-corrected chi connectivity index (χ0v) is 7.68. The number of carbonyl (C=O) groups excluding carboxylic acids is 1. The molecule has 66 valence electrons. The second-order valence-corrected chi connectivity index (χ2v) is 3.03.